The summed E-state index contributed by atoms with van der Waals surface area (Å²) < 4.78 is 10.5. The predicted molar refractivity (Wildman–Crippen MR) is 110 cm³/mol. The molecule has 0 aromatic heterocycles. The smallest absolute Gasteiger partial charge is 0.338 e. The molecule has 0 atom stereocenters. The Morgan fingerprint density at radius 2 is 1.58 bits per heavy atom. The van der Waals surface area contributed by atoms with Crippen LogP contribution in [0.4, 0.5) is 5.69 Å². The lowest BCUT2D eigenvalue weighted by Gasteiger charge is -2.09. The molecule has 0 bridgehead atoms. The zero-order valence-corrected chi connectivity index (χ0v) is 17.0. The molecule has 0 aliphatic rings. The summed E-state index contributed by atoms with van der Waals surface area (Å²) in [5, 5.41) is 10.6. The van der Waals surface area contributed by atoms with Gasteiger partial charge >= 0.3 is 5.97 Å². The van der Waals surface area contributed by atoms with Gasteiger partial charge in [-0.2, -0.15) is 0 Å². The maximum atomic E-state index is 12.0. The third kappa shape index (κ3) is 7.77. The molecule has 31 heavy (non-hydrogen) atoms. The topological polar surface area (TPSA) is 137 Å². The third-order valence-corrected chi connectivity index (χ3v) is 4.10. The predicted octanol–water partition coefficient (Wildman–Crippen LogP) is 2.78. The maximum absolute atomic E-state index is 12.0. The summed E-state index contributed by atoms with van der Waals surface area (Å²) in [7, 11) is 0. The number of carbonyl (C=O) groups excluding carboxylic acids is 3. The van der Waals surface area contributed by atoms with Crippen molar-refractivity contribution in [1.29, 1.82) is 0 Å². The van der Waals surface area contributed by atoms with E-state index in [2.05, 4.69) is 17.8 Å². The van der Waals surface area contributed by atoms with Gasteiger partial charge in [0.05, 0.1) is 17.1 Å². The number of hydrogen-bond donors (Lipinski definition) is 2. The molecule has 0 heterocycles. The van der Waals surface area contributed by atoms with E-state index in [0.717, 1.165) is 19.3 Å². The van der Waals surface area contributed by atoms with E-state index in [1.807, 2.05) is 0 Å². The molecule has 10 heteroatoms. The molecule has 0 unspecified atom stereocenters. The van der Waals surface area contributed by atoms with Crippen LogP contribution in [0.5, 0.6) is 5.75 Å². The van der Waals surface area contributed by atoms with Crippen LogP contribution in [-0.4, -0.2) is 35.9 Å². The monoisotopic (exact) mass is 429 g/mol. The van der Waals surface area contributed by atoms with Crippen molar-refractivity contribution in [2.45, 2.75) is 26.2 Å². The summed E-state index contributed by atoms with van der Waals surface area (Å²) in [5.41, 5.74) is 4.43. The molecule has 2 aromatic carbocycles. The van der Waals surface area contributed by atoms with E-state index in [0.29, 0.717) is 12.4 Å². The van der Waals surface area contributed by atoms with Crippen LogP contribution < -0.4 is 15.6 Å². The van der Waals surface area contributed by atoms with Crippen molar-refractivity contribution in [2.24, 2.45) is 0 Å². The van der Waals surface area contributed by atoms with Gasteiger partial charge in [0.1, 0.15) is 5.75 Å². The van der Waals surface area contributed by atoms with Crippen LogP contribution >= 0.6 is 0 Å². The summed E-state index contributed by atoms with van der Waals surface area (Å²) in [6.45, 7) is 2.10. The van der Waals surface area contributed by atoms with Crippen molar-refractivity contribution in [3.63, 3.8) is 0 Å². The molecule has 0 spiro atoms. The fourth-order valence-corrected chi connectivity index (χ4v) is 2.41. The van der Waals surface area contributed by atoms with Gasteiger partial charge in [-0.15, -0.1) is 0 Å². The number of hydrazine groups is 1. The number of carbonyl (C=O) groups is 3. The zero-order valence-electron chi connectivity index (χ0n) is 17.0. The van der Waals surface area contributed by atoms with Crippen LogP contribution in [0.25, 0.3) is 0 Å². The number of esters is 1. The Morgan fingerprint density at radius 1 is 0.935 bits per heavy atom. The van der Waals surface area contributed by atoms with Crippen molar-refractivity contribution in [3.8, 4) is 5.75 Å². The first-order valence-electron chi connectivity index (χ1n) is 9.64. The maximum Gasteiger partial charge on any atom is 0.338 e. The second kappa shape index (κ2) is 11.9. The van der Waals surface area contributed by atoms with Crippen LogP contribution in [0.1, 0.15) is 46.9 Å². The number of non-ortho nitro benzene ring substituents is 1. The van der Waals surface area contributed by atoms with E-state index in [1.54, 1.807) is 12.1 Å². The van der Waals surface area contributed by atoms with E-state index < -0.39 is 29.3 Å². The minimum Gasteiger partial charge on any atom is -0.494 e. The molecule has 0 saturated heterocycles. The van der Waals surface area contributed by atoms with Crippen molar-refractivity contribution in [1.82, 2.24) is 10.9 Å². The van der Waals surface area contributed by atoms with E-state index in [9.17, 15) is 24.5 Å². The largest absolute Gasteiger partial charge is 0.494 e. The number of nitrogens with zero attached hydrogens (tertiary/aromatic N) is 1. The fourth-order valence-electron chi connectivity index (χ4n) is 2.41. The molecule has 164 valence electrons. The van der Waals surface area contributed by atoms with Crippen LogP contribution in [0.2, 0.25) is 0 Å². The van der Waals surface area contributed by atoms with Gasteiger partial charge in [-0.3, -0.25) is 30.6 Å². The number of nitrogens with one attached hydrogen (secondary N) is 2. The van der Waals surface area contributed by atoms with Gasteiger partial charge in [0, 0.05) is 17.7 Å². The van der Waals surface area contributed by atoms with Gasteiger partial charge in [-0.1, -0.05) is 19.8 Å². The normalized spacial score (nSPS) is 10.1. The quantitative estimate of drug-likeness (QED) is 0.256. The molecule has 10 nitrogen and oxygen atoms in total. The highest BCUT2D eigenvalue weighted by molar-refractivity contribution is 5.96. The van der Waals surface area contributed by atoms with E-state index in [1.165, 1.54) is 36.4 Å². The van der Waals surface area contributed by atoms with Gasteiger partial charge in [0.2, 0.25) is 0 Å². The minimum absolute atomic E-state index is 0.111. The lowest BCUT2D eigenvalue weighted by Crippen LogP contribution is -2.43. The van der Waals surface area contributed by atoms with Gasteiger partial charge in [0.15, 0.2) is 6.61 Å². The second-order valence-electron chi connectivity index (χ2n) is 6.46. The lowest BCUT2D eigenvalue weighted by molar-refractivity contribution is -0.384. The first-order valence-corrected chi connectivity index (χ1v) is 9.64. The summed E-state index contributed by atoms with van der Waals surface area (Å²) in [5.74, 6) is -1.49. The van der Waals surface area contributed by atoms with E-state index in [-0.39, 0.29) is 16.8 Å². The summed E-state index contributed by atoms with van der Waals surface area (Å²) in [6, 6.07) is 11.2. The van der Waals surface area contributed by atoms with Crippen molar-refractivity contribution >= 4 is 23.5 Å². The summed E-state index contributed by atoms with van der Waals surface area (Å²) in [4.78, 5) is 45.7. The number of nitro groups is 1. The highest BCUT2D eigenvalue weighted by Gasteiger charge is 2.13. The SMILES string of the molecule is CCCCCOc1ccc(C(=O)OCC(=O)NNC(=O)c2ccc([N+](=O)[O-])cc2)cc1. The molecule has 2 rings (SSSR count). The lowest BCUT2D eigenvalue weighted by atomic mass is 10.2. The molecule has 0 aliphatic heterocycles. The Kier molecular flexibility index (Phi) is 8.96. The van der Waals surface area contributed by atoms with Gasteiger partial charge in [-0.05, 0) is 42.8 Å². The average molecular weight is 429 g/mol. The number of ether oxygens (including phenoxy) is 2. The molecule has 0 fully saturated rings. The molecule has 0 radical (unpaired) electrons. The number of nitro benzene ring substituents is 1. The van der Waals surface area contributed by atoms with Crippen molar-refractivity contribution < 1.29 is 28.8 Å². The van der Waals surface area contributed by atoms with Crippen molar-refractivity contribution in [2.75, 3.05) is 13.2 Å². The summed E-state index contributed by atoms with van der Waals surface area (Å²) >= 11 is 0. The molecule has 2 amide bonds. The molecule has 0 saturated carbocycles. The van der Waals surface area contributed by atoms with Gasteiger partial charge in [0.25, 0.3) is 17.5 Å². The second-order valence-corrected chi connectivity index (χ2v) is 6.46. The van der Waals surface area contributed by atoms with Crippen LogP contribution in [0.3, 0.4) is 0 Å². The van der Waals surface area contributed by atoms with Gasteiger partial charge < -0.3 is 9.47 Å². The average Bonchev–Trinajstić information content (AvgIpc) is 2.79. The first-order chi connectivity index (χ1) is 14.9. The molecular weight excluding hydrogens is 406 g/mol. The number of unbranched alkanes of at least 4 members (excludes halogenated alkanes) is 2. The molecule has 2 N–H and O–H groups in total. The standard InChI is InChI=1S/C21H23N3O7/c1-2-3-4-13-30-18-11-7-16(8-12-18)21(27)31-14-19(25)22-23-20(26)15-5-9-17(10-6-15)24(28)29/h5-12H,2-4,13-14H2,1H3,(H,22,25)(H,23,26). The Labute approximate surface area is 178 Å². The van der Waals surface area contributed by atoms with E-state index in [4.69, 9.17) is 9.47 Å². The molecule has 0 aliphatic carbocycles. The number of rotatable bonds is 10. The number of benzene rings is 2. The Morgan fingerprint density at radius 3 is 2.19 bits per heavy atom. The number of hydrogen-bond acceptors (Lipinski definition) is 7. The fraction of sp³-hybridized carbons (Fsp3) is 0.286. The van der Waals surface area contributed by atoms with Crippen LogP contribution in [0, 0.1) is 10.1 Å². The third-order valence-electron chi connectivity index (χ3n) is 4.10. The highest BCUT2D eigenvalue weighted by atomic mass is 16.6. The molecule has 2 aromatic rings. The highest BCUT2D eigenvalue weighted by Crippen LogP contribution is 2.14. The first kappa shape index (κ1) is 23.3. The Bertz CT molecular complexity index is 912. The zero-order chi connectivity index (χ0) is 22.6. The minimum atomic E-state index is -0.750. The van der Waals surface area contributed by atoms with Crippen molar-refractivity contribution in [3.05, 3.63) is 69.8 Å². The summed E-state index contributed by atoms with van der Waals surface area (Å²) in [6.07, 6.45) is 3.14. The van der Waals surface area contributed by atoms with E-state index >= 15 is 0 Å². The van der Waals surface area contributed by atoms with Gasteiger partial charge in [-0.25, -0.2) is 4.79 Å². The van der Waals surface area contributed by atoms with Crippen LogP contribution in [-0.2, 0) is 9.53 Å². The molecular formula is C21H23N3O7. The Balaban J connectivity index is 1.73. The van der Waals surface area contributed by atoms with Crippen LogP contribution in [0.15, 0.2) is 48.5 Å². The Hall–Kier alpha value is -3.95. The number of amides is 2.